The molecule has 1 aromatic heterocycles. The normalized spacial score (nSPS) is 12.0. The van der Waals surface area contributed by atoms with Crippen LogP contribution in [-0.4, -0.2) is 27.5 Å². The van der Waals surface area contributed by atoms with Gasteiger partial charge in [0.2, 0.25) is 0 Å². The molecule has 0 aliphatic heterocycles. The Morgan fingerprint density at radius 1 is 1.41 bits per heavy atom. The molecule has 7 heteroatoms. The zero-order valence-corrected chi connectivity index (χ0v) is 12.9. The van der Waals surface area contributed by atoms with Crippen LogP contribution in [0.2, 0.25) is 5.02 Å². The van der Waals surface area contributed by atoms with Crippen molar-refractivity contribution in [2.45, 2.75) is 20.0 Å². The summed E-state index contributed by atoms with van der Waals surface area (Å²) in [6.45, 7) is 3.32. The molecule has 116 valence electrons. The lowest BCUT2D eigenvalue weighted by Gasteiger charge is -2.13. The van der Waals surface area contributed by atoms with E-state index in [0.717, 1.165) is 0 Å². The average molecular weight is 322 g/mol. The summed E-state index contributed by atoms with van der Waals surface area (Å²) in [5.41, 5.74) is 0.891. The van der Waals surface area contributed by atoms with E-state index in [2.05, 4.69) is 15.3 Å². The summed E-state index contributed by atoms with van der Waals surface area (Å²) in [6, 6.07) is 6.80. The standard InChI is InChI=1S/C15H16ClN3O3/c1-8-9(2)19-15(22)13(18-8)14(21)17-7-12(20)10-5-3-4-6-11(10)16/h3-6,12,20H,7H2,1-2H3,(H,17,21)(H,19,22). The highest BCUT2D eigenvalue weighted by Crippen LogP contribution is 2.21. The number of benzene rings is 1. The van der Waals surface area contributed by atoms with Crippen molar-refractivity contribution in [2.24, 2.45) is 0 Å². The summed E-state index contributed by atoms with van der Waals surface area (Å²) >= 11 is 5.97. The number of H-pyrrole nitrogens is 1. The number of hydrogen-bond donors (Lipinski definition) is 3. The second-order valence-corrected chi connectivity index (χ2v) is 5.28. The topological polar surface area (TPSA) is 95.1 Å². The molecule has 1 aromatic carbocycles. The van der Waals surface area contributed by atoms with Crippen molar-refractivity contribution in [3.8, 4) is 0 Å². The van der Waals surface area contributed by atoms with E-state index in [-0.39, 0.29) is 12.2 Å². The highest BCUT2D eigenvalue weighted by atomic mass is 35.5. The maximum Gasteiger partial charge on any atom is 0.279 e. The first-order chi connectivity index (χ1) is 10.4. The van der Waals surface area contributed by atoms with Gasteiger partial charge in [0, 0.05) is 22.8 Å². The summed E-state index contributed by atoms with van der Waals surface area (Å²) in [4.78, 5) is 30.3. The Kier molecular flexibility index (Phi) is 4.95. The van der Waals surface area contributed by atoms with Crippen LogP contribution in [0.1, 0.15) is 33.5 Å². The van der Waals surface area contributed by atoms with Gasteiger partial charge in [0.25, 0.3) is 11.5 Å². The van der Waals surface area contributed by atoms with Gasteiger partial charge in [-0.1, -0.05) is 29.8 Å². The van der Waals surface area contributed by atoms with Gasteiger partial charge in [-0.3, -0.25) is 9.59 Å². The number of hydrogen-bond acceptors (Lipinski definition) is 4. The summed E-state index contributed by atoms with van der Waals surface area (Å²) < 4.78 is 0. The van der Waals surface area contributed by atoms with Crippen LogP contribution in [0.3, 0.4) is 0 Å². The molecule has 2 aromatic rings. The lowest BCUT2D eigenvalue weighted by Crippen LogP contribution is -2.34. The smallest absolute Gasteiger partial charge is 0.279 e. The van der Waals surface area contributed by atoms with Gasteiger partial charge in [-0.25, -0.2) is 4.98 Å². The Hall–Kier alpha value is -2.18. The van der Waals surface area contributed by atoms with Crippen molar-refractivity contribution in [3.05, 3.63) is 62.3 Å². The van der Waals surface area contributed by atoms with Crippen molar-refractivity contribution in [3.63, 3.8) is 0 Å². The van der Waals surface area contributed by atoms with Gasteiger partial charge >= 0.3 is 0 Å². The van der Waals surface area contributed by atoms with Gasteiger partial charge in [-0.15, -0.1) is 0 Å². The fraction of sp³-hybridized carbons (Fsp3) is 0.267. The van der Waals surface area contributed by atoms with Crippen LogP contribution in [0.4, 0.5) is 0 Å². The van der Waals surface area contributed by atoms with Crippen LogP contribution in [0, 0.1) is 13.8 Å². The first-order valence-electron chi connectivity index (χ1n) is 6.68. The van der Waals surface area contributed by atoms with E-state index in [1.54, 1.807) is 38.1 Å². The Morgan fingerprint density at radius 2 is 2.09 bits per heavy atom. The van der Waals surface area contributed by atoms with E-state index in [1.807, 2.05) is 0 Å². The van der Waals surface area contributed by atoms with Crippen molar-refractivity contribution < 1.29 is 9.90 Å². The largest absolute Gasteiger partial charge is 0.387 e. The first kappa shape index (κ1) is 16.2. The number of aryl methyl sites for hydroxylation is 2. The molecule has 0 aliphatic rings. The van der Waals surface area contributed by atoms with Crippen LogP contribution in [0.15, 0.2) is 29.1 Å². The quantitative estimate of drug-likeness (QED) is 0.795. The van der Waals surface area contributed by atoms with E-state index < -0.39 is 17.6 Å². The van der Waals surface area contributed by atoms with E-state index in [9.17, 15) is 14.7 Å². The number of aromatic amines is 1. The molecule has 1 amide bonds. The molecule has 22 heavy (non-hydrogen) atoms. The average Bonchev–Trinajstić information content (AvgIpc) is 2.48. The highest BCUT2D eigenvalue weighted by molar-refractivity contribution is 6.31. The molecule has 1 unspecified atom stereocenters. The number of carbonyl (C=O) groups is 1. The number of nitrogens with one attached hydrogen (secondary N) is 2. The summed E-state index contributed by atoms with van der Waals surface area (Å²) in [5.74, 6) is -0.643. The fourth-order valence-corrected chi connectivity index (χ4v) is 2.17. The van der Waals surface area contributed by atoms with E-state index in [4.69, 9.17) is 11.6 Å². The molecule has 3 N–H and O–H groups in total. The third-order valence-electron chi connectivity index (χ3n) is 3.27. The number of rotatable bonds is 4. The molecule has 6 nitrogen and oxygen atoms in total. The van der Waals surface area contributed by atoms with Gasteiger partial charge in [0.1, 0.15) is 0 Å². The number of aliphatic hydroxyl groups is 1. The Morgan fingerprint density at radius 3 is 2.77 bits per heavy atom. The lowest BCUT2D eigenvalue weighted by atomic mass is 10.1. The summed E-state index contributed by atoms with van der Waals surface area (Å²) in [5, 5.41) is 13.0. The number of aromatic nitrogens is 2. The monoisotopic (exact) mass is 321 g/mol. The first-order valence-corrected chi connectivity index (χ1v) is 7.06. The number of aliphatic hydroxyl groups excluding tert-OH is 1. The molecule has 1 heterocycles. The minimum atomic E-state index is -0.969. The fourth-order valence-electron chi connectivity index (χ4n) is 1.90. The van der Waals surface area contributed by atoms with Gasteiger partial charge in [0.05, 0.1) is 11.8 Å². The van der Waals surface area contributed by atoms with E-state index >= 15 is 0 Å². The Labute approximate surface area is 132 Å². The van der Waals surface area contributed by atoms with E-state index in [0.29, 0.717) is 22.0 Å². The SMILES string of the molecule is Cc1nc(C(=O)NCC(O)c2ccccc2Cl)c(=O)[nH]c1C. The van der Waals surface area contributed by atoms with Crippen molar-refractivity contribution >= 4 is 17.5 Å². The zero-order chi connectivity index (χ0) is 16.3. The van der Waals surface area contributed by atoms with Gasteiger partial charge < -0.3 is 15.4 Å². The van der Waals surface area contributed by atoms with Crippen molar-refractivity contribution in [1.29, 1.82) is 0 Å². The van der Waals surface area contributed by atoms with Gasteiger partial charge in [0.15, 0.2) is 5.69 Å². The predicted molar refractivity (Wildman–Crippen MR) is 83.1 cm³/mol. The van der Waals surface area contributed by atoms with Crippen LogP contribution < -0.4 is 10.9 Å². The van der Waals surface area contributed by atoms with E-state index in [1.165, 1.54) is 0 Å². The van der Waals surface area contributed by atoms with Crippen LogP contribution in [0.25, 0.3) is 0 Å². The second-order valence-electron chi connectivity index (χ2n) is 4.87. The van der Waals surface area contributed by atoms with Gasteiger partial charge in [-0.2, -0.15) is 0 Å². The zero-order valence-electron chi connectivity index (χ0n) is 12.2. The molecule has 0 saturated carbocycles. The third-order valence-corrected chi connectivity index (χ3v) is 3.62. The molecule has 1 atom stereocenters. The number of nitrogens with zero attached hydrogens (tertiary/aromatic N) is 1. The van der Waals surface area contributed by atoms with Crippen molar-refractivity contribution in [1.82, 2.24) is 15.3 Å². The van der Waals surface area contributed by atoms with Crippen LogP contribution >= 0.6 is 11.6 Å². The molecule has 0 aliphatic carbocycles. The Balaban J connectivity index is 2.09. The molecule has 0 spiro atoms. The highest BCUT2D eigenvalue weighted by Gasteiger charge is 2.17. The summed E-state index contributed by atoms with van der Waals surface area (Å²) in [6.07, 6.45) is -0.969. The predicted octanol–water partition coefficient (Wildman–Crippen LogP) is 1.50. The second kappa shape index (κ2) is 6.72. The molecule has 0 saturated heterocycles. The lowest BCUT2D eigenvalue weighted by molar-refractivity contribution is 0.0909. The number of carbonyl (C=O) groups excluding carboxylic acids is 1. The third kappa shape index (κ3) is 3.52. The molecular formula is C15H16ClN3O3. The minimum absolute atomic E-state index is 0.0728. The molecule has 0 fully saturated rings. The minimum Gasteiger partial charge on any atom is -0.387 e. The van der Waals surface area contributed by atoms with Gasteiger partial charge in [-0.05, 0) is 19.9 Å². The van der Waals surface area contributed by atoms with Crippen LogP contribution in [0.5, 0.6) is 0 Å². The van der Waals surface area contributed by atoms with Crippen LogP contribution in [-0.2, 0) is 0 Å². The molecule has 0 radical (unpaired) electrons. The molecular weight excluding hydrogens is 306 g/mol. The maximum atomic E-state index is 12.0. The molecule has 0 bridgehead atoms. The number of amides is 1. The number of halogens is 1. The molecule has 2 rings (SSSR count). The van der Waals surface area contributed by atoms with Crippen molar-refractivity contribution in [2.75, 3.05) is 6.54 Å². The summed E-state index contributed by atoms with van der Waals surface area (Å²) in [7, 11) is 0. The maximum absolute atomic E-state index is 12.0. The Bertz CT molecular complexity index is 758.